The van der Waals surface area contributed by atoms with Crippen molar-refractivity contribution in [3.05, 3.63) is 53.7 Å². The molecule has 12 heteroatoms. The van der Waals surface area contributed by atoms with Crippen LogP contribution in [0, 0.1) is 0 Å². The zero-order valence-corrected chi connectivity index (χ0v) is 18.3. The maximum absolute atomic E-state index is 11.8. The van der Waals surface area contributed by atoms with E-state index in [0.29, 0.717) is 5.56 Å². The highest BCUT2D eigenvalue weighted by Crippen LogP contribution is 2.43. The third-order valence-electron chi connectivity index (χ3n) is 5.90. The molecule has 5 atom stereocenters. The Morgan fingerprint density at radius 3 is 2.28 bits per heavy atom. The smallest absolute Gasteiger partial charge is 0.371 e. The lowest BCUT2D eigenvalue weighted by Crippen LogP contribution is -2.60. The molecule has 5 rings (SSSR count). The first-order chi connectivity index (χ1) is 17.2. The normalized spacial score (nSPS) is 24.3. The van der Waals surface area contributed by atoms with Crippen molar-refractivity contribution < 1.29 is 58.5 Å². The summed E-state index contributed by atoms with van der Waals surface area (Å²) in [5.74, 6) is -2.10. The number of phenols is 1. The number of aliphatic hydroxyl groups is 4. The first-order valence-electron chi connectivity index (χ1n) is 10.7. The lowest BCUT2D eigenvalue weighted by molar-refractivity contribution is -0.277. The van der Waals surface area contributed by atoms with Crippen LogP contribution in [-0.4, -0.2) is 78.7 Å². The Labute approximate surface area is 200 Å². The molecule has 12 nitrogen and oxygen atoms in total. The molecule has 0 bridgehead atoms. The summed E-state index contributed by atoms with van der Waals surface area (Å²) in [5.41, 5.74) is 0.148. The van der Waals surface area contributed by atoms with Crippen LogP contribution in [-0.2, 0) is 4.74 Å². The van der Waals surface area contributed by atoms with Crippen LogP contribution in [0.1, 0.15) is 10.6 Å². The molecule has 36 heavy (non-hydrogen) atoms. The van der Waals surface area contributed by atoms with Gasteiger partial charge in [0, 0.05) is 17.0 Å². The summed E-state index contributed by atoms with van der Waals surface area (Å²) in [4.78, 5) is 21.9. The molecule has 0 radical (unpaired) electrons. The predicted octanol–water partition coefficient (Wildman–Crippen LogP) is 0.433. The Hall–Kier alpha value is -3.94. The molecule has 2 aromatic carbocycles. The van der Waals surface area contributed by atoms with Crippen molar-refractivity contribution >= 4 is 27.9 Å². The Morgan fingerprint density at radius 1 is 0.972 bits per heavy atom. The van der Waals surface area contributed by atoms with Gasteiger partial charge in [-0.15, -0.1) is 0 Å². The Morgan fingerprint density at radius 2 is 1.64 bits per heavy atom. The maximum Gasteiger partial charge on any atom is 0.371 e. The Balaban J connectivity index is 1.79. The van der Waals surface area contributed by atoms with E-state index in [1.54, 1.807) is 0 Å². The van der Waals surface area contributed by atoms with E-state index in [4.69, 9.17) is 18.3 Å². The molecule has 7 N–H and O–H groups in total. The van der Waals surface area contributed by atoms with Crippen LogP contribution in [0.5, 0.6) is 11.5 Å². The van der Waals surface area contributed by atoms with Gasteiger partial charge in [0.15, 0.2) is 11.5 Å². The number of carboxylic acid groups (broad SMARTS) is 1. The topological polar surface area (TPSA) is 205 Å². The highest BCUT2D eigenvalue weighted by atomic mass is 16.7. The highest BCUT2D eigenvalue weighted by molar-refractivity contribution is 6.10. The largest absolute Gasteiger partial charge is 0.508 e. The first kappa shape index (κ1) is 23.8. The highest BCUT2D eigenvalue weighted by Gasteiger charge is 2.45. The van der Waals surface area contributed by atoms with Crippen LogP contribution in [0.4, 0.5) is 0 Å². The van der Waals surface area contributed by atoms with Crippen molar-refractivity contribution in [2.75, 3.05) is 6.61 Å². The molecule has 1 saturated heterocycles. The minimum Gasteiger partial charge on any atom is -0.508 e. The fraction of sp³-hybridized carbons (Fsp3) is 0.250. The van der Waals surface area contributed by atoms with Gasteiger partial charge in [0.05, 0.1) is 24.1 Å². The van der Waals surface area contributed by atoms with Crippen molar-refractivity contribution in [3.8, 4) is 22.8 Å². The van der Waals surface area contributed by atoms with Crippen LogP contribution >= 0.6 is 0 Å². The standard InChI is InChI=1S/C24H20O12/c25-8-16-18(28)19(29)20(30)24(35-16)36-22-12-7-15(23(31)32)33-13-5-11(27)6-14(17(12)13)34-21(22)9-1-3-10(26)4-2-9/h1-7,16,18-20,24-26,28-30H,8H2,(H,31,32)/p+1/t16?,18-,19+,20?,24+/m1/s1. The third kappa shape index (κ3) is 3.96. The van der Waals surface area contributed by atoms with Crippen LogP contribution in [0.25, 0.3) is 33.3 Å². The molecule has 4 aromatic rings. The molecule has 1 aliphatic rings. The molecule has 0 amide bonds. The summed E-state index contributed by atoms with van der Waals surface area (Å²) in [6.07, 6.45) is -8.00. The molecule has 0 aliphatic carbocycles. The second-order valence-electron chi connectivity index (χ2n) is 8.27. The number of hydrogen-bond donors (Lipinski definition) is 6. The zero-order chi connectivity index (χ0) is 25.7. The Kier molecular flexibility index (Phi) is 5.90. The number of hydrogen-bond acceptors (Lipinski definition) is 10. The SMILES string of the molecule is O=C(O)c1cc2c(O[C@@H]3OC(CO)[C@@H](O)[C@H](O)C3O)c(-c3ccc(O)cc3)oc3cc(=[OH+])cc(o1)c32. The maximum atomic E-state index is 11.8. The van der Waals surface area contributed by atoms with Crippen LogP contribution < -0.4 is 10.2 Å². The van der Waals surface area contributed by atoms with Gasteiger partial charge in [-0.3, -0.25) is 4.79 Å². The molecule has 1 aliphatic heterocycles. The fourth-order valence-corrected chi connectivity index (χ4v) is 4.12. The van der Waals surface area contributed by atoms with E-state index < -0.39 is 49.0 Å². The van der Waals surface area contributed by atoms with E-state index in [9.17, 15) is 40.2 Å². The number of rotatable bonds is 5. The molecular formula is C24H21O12+. The molecule has 1 fully saturated rings. The van der Waals surface area contributed by atoms with Crippen molar-refractivity contribution in [1.29, 1.82) is 0 Å². The summed E-state index contributed by atoms with van der Waals surface area (Å²) in [5, 5.41) is 60.0. The minimum atomic E-state index is -1.76. The number of aliphatic hydroxyl groups excluding tert-OH is 4. The van der Waals surface area contributed by atoms with Gasteiger partial charge in [-0.1, -0.05) is 0 Å². The molecule has 2 unspecified atom stereocenters. The van der Waals surface area contributed by atoms with E-state index in [1.165, 1.54) is 36.4 Å². The second kappa shape index (κ2) is 8.93. The van der Waals surface area contributed by atoms with E-state index >= 15 is 0 Å². The quantitative estimate of drug-likeness (QED) is 0.207. The number of aromatic carboxylic acids is 1. The van der Waals surface area contributed by atoms with Crippen molar-refractivity contribution in [3.63, 3.8) is 0 Å². The van der Waals surface area contributed by atoms with E-state index in [-0.39, 0.29) is 44.6 Å². The first-order valence-corrected chi connectivity index (χ1v) is 10.7. The molecular weight excluding hydrogens is 480 g/mol. The van der Waals surface area contributed by atoms with Gasteiger partial charge in [-0.2, -0.15) is 0 Å². The minimum absolute atomic E-state index is 0.00565. The average molecular weight is 501 g/mol. The average Bonchev–Trinajstić information content (AvgIpc) is 2.85. The zero-order valence-electron chi connectivity index (χ0n) is 18.3. The fourth-order valence-electron chi connectivity index (χ4n) is 4.12. The van der Waals surface area contributed by atoms with Crippen LogP contribution in [0.15, 0.2) is 51.3 Å². The summed E-state index contributed by atoms with van der Waals surface area (Å²) in [6, 6.07) is 9.34. The number of benzene rings is 2. The summed E-state index contributed by atoms with van der Waals surface area (Å²) < 4.78 is 22.8. The van der Waals surface area contributed by atoms with E-state index in [1.807, 2.05) is 0 Å². The monoisotopic (exact) mass is 501 g/mol. The Bertz CT molecular complexity index is 1500. The number of carbonyl (C=O) groups is 1. The van der Waals surface area contributed by atoms with Gasteiger partial charge >= 0.3 is 11.4 Å². The van der Waals surface area contributed by atoms with E-state index in [2.05, 4.69) is 0 Å². The molecule has 188 valence electrons. The van der Waals surface area contributed by atoms with Crippen LogP contribution in [0.3, 0.4) is 0 Å². The number of ether oxygens (including phenoxy) is 2. The molecule has 0 spiro atoms. The van der Waals surface area contributed by atoms with Crippen molar-refractivity contribution in [2.24, 2.45) is 0 Å². The summed E-state index contributed by atoms with van der Waals surface area (Å²) in [6.45, 7) is -0.690. The van der Waals surface area contributed by atoms with Gasteiger partial charge < -0.3 is 48.9 Å². The number of carboxylic acids is 1. The third-order valence-corrected chi connectivity index (χ3v) is 5.90. The van der Waals surface area contributed by atoms with Crippen molar-refractivity contribution in [1.82, 2.24) is 0 Å². The van der Waals surface area contributed by atoms with Gasteiger partial charge in [-0.25, -0.2) is 4.79 Å². The summed E-state index contributed by atoms with van der Waals surface area (Å²) in [7, 11) is 0. The van der Waals surface area contributed by atoms with Gasteiger partial charge in [0.1, 0.15) is 41.3 Å². The lowest BCUT2D eigenvalue weighted by atomic mass is 9.99. The molecule has 2 aromatic heterocycles. The second-order valence-corrected chi connectivity index (χ2v) is 8.27. The van der Waals surface area contributed by atoms with Gasteiger partial charge in [0.2, 0.25) is 12.1 Å². The predicted molar refractivity (Wildman–Crippen MR) is 120 cm³/mol. The van der Waals surface area contributed by atoms with Gasteiger partial charge in [0.25, 0.3) is 0 Å². The van der Waals surface area contributed by atoms with E-state index in [0.717, 1.165) is 6.07 Å². The van der Waals surface area contributed by atoms with Gasteiger partial charge in [-0.05, 0) is 24.3 Å². The summed E-state index contributed by atoms with van der Waals surface area (Å²) >= 11 is 0. The lowest BCUT2D eigenvalue weighted by Gasteiger charge is -2.39. The molecule has 0 saturated carbocycles. The number of aromatic hydroxyl groups is 1. The molecule has 3 heterocycles. The van der Waals surface area contributed by atoms with Crippen molar-refractivity contribution in [2.45, 2.75) is 30.7 Å². The van der Waals surface area contributed by atoms with Crippen LogP contribution in [0.2, 0.25) is 0 Å². The number of phenolic OH excluding ortho intramolecular Hbond substituents is 1.